The Hall–Kier alpha value is -3.70. The topological polar surface area (TPSA) is 61.8 Å². The molecule has 0 amide bonds. The maximum atomic E-state index is 12.7. The molecule has 0 saturated heterocycles. The SMILES string of the molecule is CC/C=C\C/C=C\C/C=C\C/C=C\CCCCCOCC(COC(=O)CCCCC/C=C\C/C=C\C/C=C\CC)OC(=O)CCCCC/C=C\C/C=C\C/C=C\CC. The van der Waals surface area contributed by atoms with E-state index in [0.717, 1.165) is 141 Å². The molecule has 1 unspecified atom stereocenters. The Labute approximate surface area is 356 Å². The maximum Gasteiger partial charge on any atom is 0.306 e. The van der Waals surface area contributed by atoms with Gasteiger partial charge in [-0.25, -0.2) is 0 Å². The number of rotatable bonds is 40. The Balaban J connectivity index is 4.45. The van der Waals surface area contributed by atoms with Gasteiger partial charge in [-0.05, 0) is 122 Å². The highest BCUT2D eigenvalue weighted by Gasteiger charge is 2.17. The third-order valence-electron chi connectivity index (χ3n) is 8.97. The van der Waals surface area contributed by atoms with Crippen LogP contribution in [0.2, 0.25) is 0 Å². The minimum Gasteiger partial charge on any atom is -0.462 e. The van der Waals surface area contributed by atoms with E-state index in [2.05, 4.69) is 142 Å². The zero-order valence-electron chi connectivity index (χ0n) is 37.3. The summed E-state index contributed by atoms with van der Waals surface area (Å²) in [6.07, 6.45) is 66.3. The Bertz CT molecular complexity index is 1220. The molecule has 0 radical (unpaired) electrons. The van der Waals surface area contributed by atoms with Crippen molar-refractivity contribution in [1.29, 1.82) is 0 Å². The van der Waals surface area contributed by atoms with Crippen LogP contribution in [0.25, 0.3) is 0 Å². The molecule has 0 spiro atoms. The molecule has 0 N–H and O–H groups in total. The minimum atomic E-state index is -0.587. The summed E-state index contributed by atoms with van der Waals surface area (Å²) in [7, 11) is 0. The highest BCUT2D eigenvalue weighted by molar-refractivity contribution is 5.70. The van der Waals surface area contributed by atoms with Crippen LogP contribution in [0.3, 0.4) is 0 Å². The number of allylic oxidation sites excluding steroid dienone is 20. The third kappa shape index (κ3) is 45.0. The van der Waals surface area contributed by atoms with Crippen LogP contribution in [0.5, 0.6) is 0 Å². The summed E-state index contributed by atoms with van der Waals surface area (Å²) in [5, 5.41) is 0. The number of carbonyl (C=O) groups is 2. The second-order valence-electron chi connectivity index (χ2n) is 14.5. The van der Waals surface area contributed by atoms with E-state index in [4.69, 9.17) is 14.2 Å². The first-order chi connectivity index (χ1) is 28.6. The summed E-state index contributed by atoms with van der Waals surface area (Å²) in [5.41, 5.74) is 0. The molecule has 326 valence electrons. The molecule has 0 fully saturated rings. The highest BCUT2D eigenvalue weighted by Crippen LogP contribution is 2.10. The summed E-state index contributed by atoms with van der Waals surface area (Å²) in [4.78, 5) is 25.3. The van der Waals surface area contributed by atoms with Gasteiger partial charge in [-0.2, -0.15) is 0 Å². The minimum absolute atomic E-state index is 0.0367. The van der Waals surface area contributed by atoms with E-state index < -0.39 is 6.10 Å². The van der Waals surface area contributed by atoms with Crippen molar-refractivity contribution in [3.05, 3.63) is 122 Å². The van der Waals surface area contributed by atoms with Gasteiger partial charge in [0.1, 0.15) is 6.61 Å². The molecule has 0 aromatic heterocycles. The Kier molecular flexibility index (Phi) is 44.6. The molecular formula is C53H84O5. The van der Waals surface area contributed by atoms with Crippen LogP contribution in [-0.2, 0) is 23.8 Å². The standard InChI is InChI=1S/C53H84O5/c1-4-7-10-13-16-19-22-25-26-27-30-33-36-39-42-45-48-56-49-51(58-53(55)47-44-41-38-35-32-29-24-21-18-15-12-9-6-3)50-57-52(54)46-43-40-37-34-31-28-23-20-17-14-11-8-5-2/h7-12,16-21,25-26,28-33,51H,4-6,13-15,22-24,27,34-50H2,1-3H3/b10-7-,11-8-,12-9-,19-16-,20-17-,21-18-,26-25-,31-28-,32-29-,33-30-. The van der Waals surface area contributed by atoms with Gasteiger partial charge in [0, 0.05) is 19.4 Å². The summed E-state index contributed by atoms with van der Waals surface area (Å²) in [5.74, 6) is -0.496. The number of hydrogen-bond donors (Lipinski definition) is 0. The molecule has 58 heavy (non-hydrogen) atoms. The molecule has 0 aromatic rings. The fraction of sp³-hybridized carbons (Fsp3) is 0.585. The molecule has 0 bridgehead atoms. The summed E-state index contributed by atoms with van der Waals surface area (Å²) in [6.45, 7) is 7.32. The first kappa shape index (κ1) is 54.3. The second kappa shape index (κ2) is 47.7. The average Bonchev–Trinajstić information content (AvgIpc) is 3.22. The fourth-order valence-corrected chi connectivity index (χ4v) is 5.64. The van der Waals surface area contributed by atoms with Crippen molar-refractivity contribution in [2.24, 2.45) is 0 Å². The van der Waals surface area contributed by atoms with E-state index in [9.17, 15) is 9.59 Å². The normalized spacial score (nSPS) is 13.4. The van der Waals surface area contributed by atoms with Crippen molar-refractivity contribution in [2.75, 3.05) is 19.8 Å². The molecule has 1 atom stereocenters. The van der Waals surface area contributed by atoms with Crippen LogP contribution in [0.4, 0.5) is 0 Å². The molecule has 0 rings (SSSR count). The van der Waals surface area contributed by atoms with Gasteiger partial charge in [-0.1, -0.05) is 162 Å². The predicted molar refractivity (Wildman–Crippen MR) is 251 cm³/mol. The van der Waals surface area contributed by atoms with Crippen molar-refractivity contribution in [3.8, 4) is 0 Å². The zero-order chi connectivity index (χ0) is 42.1. The van der Waals surface area contributed by atoms with Gasteiger partial charge in [0.25, 0.3) is 0 Å². The molecule has 0 aliphatic rings. The van der Waals surface area contributed by atoms with E-state index in [-0.39, 0.29) is 25.2 Å². The van der Waals surface area contributed by atoms with Crippen LogP contribution >= 0.6 is 0 Å². The fourth-order valence-electron chi connectivity index (χ4n) is 5.64. The van der Waals surface area contributed by atoms with Gasteiger partial charge in [0.2, 0.25) is 0 Å². The third-order valence-corrected chi connectivity index (χ3v) is 8.97. The smallest absolute Gasteiger partial charge is 0.306 e. The molecule has 5 nitrogen and oxygen atoms in total. The molecular weight excluding hydrogens is 717 g/mol. The van der Waals surface area contributed by atoms with Crippen molar-refractivity contribution in [1.82, 2.24) is 0 Å². The molecule has 0 aliphatic carbocycles. The lowest BCUT2D eigenvalue weighted by atomic mass is 10.1. The molecule has 0 aliphatic heterocycles. The zero-order valence-corrected chi connectivity index (χ0v) is 37.3. The Morgan fingerprint density at radius 3 is 1.12 bits per heavy atom. The van der Waals surface area contributed by atoms with E-state index in [1.807, 2.05) is 0 Å². The maximum absolute atomic E-state index is 12.7. The van der Waals surface area contributed by atoms with Gasteiger partial charge < -0.3 is 14.2 Å². The lowest BCUT2D eigenvalue weighted by Gasteiger charge is -2.18. The Morgan fingerprint density at radius 1 is 0.379 bits per heavy atom. The van der Waals surface area contributed by atoms with E-state index in [1.54, 1.807) is 0 Å². The quantitative estimate of drug-likeness (QED) is 0.0351. The van der Waals surface area contributed by atoms with Gasteiger partial charge in [-0.3, -0.25) is 9.59 Å². The second-order valence-corrected chi connectivity index (χ2v) is 14.5. The number of carbonyl (C=O) groups excluding carboxylic acids is 2. The number of unbranched alkanes of at least 4 members (excludes halogenated alkanes) is 9. The van der Waals surface area contributed by atoms with Gasteiger partial charge in [-0.15, -0.1) is 0 Å². The first-order valence-electron chi connectivity index (χ1n) is 23.1. The molecule has 0 aromatic carbocycles. The van der Waals surface area contributed by atoms with Gasteiger partial charge >= 0.3 is 11.9 Å². The van der Waals surface area contributed by atoms with Crippen LogP contribution in [-0.4, -0.2) is 37.9 Å². The monoisotopic (exact) mass is 801 g/mol. The largest absolute Gasteiger partial charge is 0.462 e. The van der Waals surface area contributed by atoms with Crippen LogP contribution in [0.1, 0.15) is 175 Å². The van der Waals surface area contributed by atoms with Crippen molar-refractivity contribution >= 4 is 11.9 Å². The van der Waals surface area contributed by atoms with Crippen molar-refractivity contribution < 1.29 is 23.8 Å². The molecule has 0 saturated carbocycles. The number of esters is 2. The summed E-state index contributed by atoms with van der Waals surface area (Å²) < 4.78 is 17.2. The number of hydrogen-bond acceptors (Lipinski definition) is 5. The van der Waals surface area contributed by atoms with Gasteiger partial charge in [0.15, 0.2) is 6.10 Å². The van der Waals surface area contributed by atoms with E-state index in [1.165, 1.54) is 0 Å². The first-order valence-corrected chi connectivity index (χ1v) is 23.1. The van der Waals surface area contributed by atoms with Crippen LogP contribution < -0.4 is 0 Å². The molecule has 5 heteroatoms. The Morgan fingerprint density at radius 2 is 0.724 bits per heavy atom. The lowest BCUT2D eigenvalue weighted by molar-refractivity contribution is -0.163. The van der Waals surface area contributed by atoms with Crippen LogP contribution in [0, 0.1) is 0 Å². The highest BCUT2D eigenvalue weighted by atomic mass is 16.6. The van der Waals surface area contributed by atoms with E-state index in [0.29, 0.717) is 19.4 Å². The summed E-state index contributed by atoms with van der Waals surface area (Å²) in [6, 6.07) is 0. The average molecular weight is 801 g/mol. The van der Waals surface area contributed by atoms with Crippen molar-refractivity contribution in [2.45, 2.75) is 181 Å². The summed E-state index contributed by atoms with van der Waals surface area (Å²) >= 11 is 0. The van der Waals surface area contributed by atoms with Crippen LogP contribution in [0.15, 0.2) is 122 Å². The van der Waals surface area contributed by atoms with Crippen molar-refractivity contribution in [3.63, 3.8) is 0 Å². The van der Waals surface area contributed by atoms with E-state index >= 15 is 0 Å². The predicted octanol–water partition coefficient (Wildman–Crippen LogP) is 15.4. The lowest BCUT2D eigenvalue weighted by Crippen LogP contribution is -2.30. The van der Waals surface area contributed by atoms with Gasteiger partial charge in [0.05, 0.1) is 6.61 Å². The number of ether oxygens (including phenoxy) is 3. The molecule has 0 heterocycles.